The molecule has 1 N–H and O–H groups in total. The third-order valence-electron chi connectivity index (χ3n) is 6.81. The molecule has 1 fully saturated rings. The molecule has 1 aliphatic rings. The summed E-state index contributed by atoms with van der Waals surface area (Å²) >= 11 is 5.09. The number of hydrogen-bond donors (Lipinski definition) is 1. The molecule has 0 bridgehead atoms. The summed E-state index contributed by atoms with van der Waals surface area (Å²) in [4.78, 5) is 22.0. The molecule has 0 unspecified atom stereocenters. The maximum absolute atomic E-state index is 13.3. The first-order valence-corrected chi connectivity index (χ1v) is 17.1. The molecule has 1 saturated heterocycles. The molecular formula is C31H42BrN3O5S2. The van der Waals surface area contributed by atoms with Crippen molar-refractivity contribution < 1.29 is 22.5 Å². The van der Waals surface area contributed by atoms with Gasteiger partial charge in [-0.25, -0.2) is 0 Å². The Morgan fingerprint density at radius 1 is 1.19 bits per heavy atom. The minimum absolute atomic E-state index is 0.0115. The fourth-order valence-corrected chi connectivity index (χ4v) is 6.26. The number of aryl methyl sites for hydroxylation is 1. The zero-order valence-electron chi connectivity index (χ0n) is 25.4. The van der Waals surface area contributed by atoms with Gasteiger partial charge in [0.05, 0.1) is 10.5 Å². The second-order valence-corrected chi connectivity index (χ2v) is 15.5. The van der Waals surface area contributed by atoms with Crippen LogP contribution in [0.1, 0.15) is 68.3 Å². The highest BCUT2D eigenvalue weighted by molar-refractivity contribution is 9.10. The average Bonchev–Trinajstić information content (AvgIpc) is 3.48. The molecule has 11 heteroatoms. The topological polar surface area (TPSA) is 101 Å². The fraction of sp³-hybridized carbons (Fsp3) is 0.484. The van der Waals surface area contributed by atoms with Gasteiger partial charge < -0.3 is 14.2 Å². The van der Waals surface area contributed by atoms with Crippen molar-refractivity contribution >= 4 is 43.3 Å². The number of ether oxygens (including phenoxy) is 1. The zero-order chi connectivity index (χ0) is 31.2. The van der Waals surface area contributed by atoms with Crippen LogP contribution in [0.5, 0.6) is 5.75 Å². The highest BCUT2D eigenvalue weighted by atomic mass is 79.9. The minimum Gasteiger partial charge on any atom is -0.491 e. The van der Waals surface area contributed by atoms with Gasteiger partial charge in [-0.1, -0.05) is 68.2 Å². The lowest BCUT2D eigenvalue weighted by Gasteiger charge is -2.20. The lowest BCUT2D eigenvalue weighted by molar-refractivity contribution is 0.0991. The highest BCUT2D eigenvalue weighted by Gasteiger charge is 2.23. The van der Waals surface area contributed by atoms with Crippen molar-refractivity contribution in [3.8, 4) is 5.75 Å². The third kappa shape index (κ3) is 9.87. The molecule has 1 amide bonds. The molecular weight excluding hydrogens is 638 g/mol. The SMILES string of the molecule is CC(C)Cn1cc(C(C)(C)C)s/c1=N\C(=O)c1cc(Br)ccc1OC[C@@H]1CCCN1C.Cc1ccc(S(=O)(=O)O)cc1. The number of likely N-dealkylation sites (tertiary alicyclic amines) is 1. The van der Waals surface area contributed by atoms with Gasteiger partial charge in [-0.2, -0.15) is 13.4 Å². The monoisotopic (exact) mass is 679 g/mol. The van der Waals surface area contributed by atoms with Gasteiger partial charge in [0.2, 0.25) is 0 Å². The Morgan fingerprint density at radius 2 is 1.86 bits per heavy atom. The number of thiazole rings is 1. The molecule has 1 atom stereocenters. The number of likely N-dealkylation sites (N-methyl/N-ethyl adjacent to an activating group) is 1. The maximum atomic E-state index is 13.3. The number of amides is 1. The Hall–Kier alpha value is -2.31. The minimum atomic E-state index is -4.02. The third-order valence-corrected chi connectivity index (χ3v) is 9.62. The van der Waals surface area contributed by atoms with Crippen molar-refractivity contribution in [2.24, 2.45) is 10.9 Å². The molecule has 0 aliphatic carbocycles. The summed E-state index contributed by atoms with van der Waals surface area (Å²) in [5.74, 6) is 0.792. The predicted molar refractivity (Wildman–Crippen MR) is 172 cm³/mol. The normalized spacial score (nSPS) is 16.4. The van der Waals surface area contributed by atoms with Crippen molar-refractivity contribution in [1.82, 2.24) is 9.47 Å². The first-order chi connectivity index (χ1) is 19.5. The number of nitrogens with zero attached hydrogens (tertiary/aromatic N) is 3. The van der Waals surface area contributed by atoms with E-state index in [0.717, 1.165) is 34.3 Å². The van der Waals surface area contributed by atoms with Crippen LogP contribution in [-0.2, 0) is 22.1 Å². The zero-order valence-corrected chi connectivity index (χ0v) is 28.6. The van der Waals surface area contributed by atoms with Gasteiger partial charge in [0, 0.05) is 28.1 Å². The van der Waals surface area contributed by atoms with E-state index in [1.54, 1.807) is 23.5 Å². The quantitative estimate of drug-likeness (QED) is 0.278. The molecule has 42 heavy (non-hydrogen) atoms. The van der Waals surface area contributed by atoms with Crippen molar-refractivity contribution in [3.05, 3.63) is 73.9 Å². The first-order valence-electron chi connectivity index (χ1n) is 14.0. The molecule has 3 aromatic rings. The van der Waals surface area contributed by atoms with Gasteiger partial charge in [-0.05, 0) is 75.0 Å². The predicted octanol–water partition coefficient (Wildman–Crippen LogP) is 6.72. The number of hydrogen-bond acceptors (Lipinski definition) is 6. The summed E-state index contributed by atoms with van der Waals surface area (Å²) < 4.78 is 38.6. The number of aromatic nitrogens is 1. The Labute approximate surface area is 262 Å². The van der Waals surface area contributed by atoms with E-state index >= 15 is 0 Å². The molecule has 4 rings (SSSR count). The van der Waals surface area contributed by atoms with Crippen molar-refractivity contribution in [2.45, 2.75) is 77.3 Å². The van der Waals surface area contributed by atoms with E-state index in [-0.39, 0.29) is 16.2 Å². The molecule has 1 aliphatic heterocycles. The second kappa shape index (κ2) is 14.4. The van der Waals surface area contributed by atoms with Crippen LogP contribution in [-0.4, -0.2) is 54.6 Å². The lowest BCUT2D eigenvalue weighted by Crippen LogP contribution is -2.30. The van der Waals surface area contributed by atoms with E-state index < -0.39 is 10.1 Å². The van der Waals surface area contributed by atoms with Crippen molar-refractivity contribution in [3.63, 3.8) is 0 Å². The summed E-state index contributed by atoms with van der Waals surface area (Å²) in [6.07, 6.45) is 4.46. The van der Waals surface area contributed by atoms with E-state index in [4.69, 9.17) is 9.29 Å². The summed E-state index contributed by atoms with van der Waals surface area (Å²) in [6.45, 7) is 15.3. The number of rotatable bonds is 7. The second-order valence-electron chi connectivity index (χ2n) is 12.1. The van der Waals surface area contributed by atoms with Crippen LogP contribution in [0.4, 0.5) is 0 Å². The molecule has 1 aromatic heterocycles. The van der Waals surface area contributed by atoms with E-state index in [0.29, 0.717) is 29.9 Å². The van der Waals surface area contributed by atoms with Gasteiger partial charge >= 0.3 is 0 Å². The van der Waals surface area contributed by atoms with Crippen LogP contribution in [0.2, 0.25) is 0 Å². The number of benzene rings is 2. The van der Waals surface area contributed by atoms with Crippen molar-refractivity contribution in [2.75, 3.05) is 20.2 Å². The van der Waals surface area contributed by atoms with E-state index in [1.165, 1.54) is 23.4 Å². The Balaban J connectivity index is 0.000000369. The first kappa shape index (κ1) is 34.2. The van der Waals surface area contributed by atoms with Crippen LogP contribution in [0.3, 0.4) is 0 Å². The molecule has 230 valence electrons. The molecule has 0 spiro atoms. The summed E-state index contributed by atoms with van der Waals surface area (Å²) in [5, 5.41) is 0. The Kier molecular flexibility index (Phi) is 11.8. The molecule has 0 saturated carbocycles. The number of carbonyl (C=O) groups is 1. The van der Waals surface area contributed by atoms with Crippen LogP contribution < -0.4 is 9.54 Å². The van der Waals surface area contributed by atoms with Crippen LogP contribution in [0.25, 0.3) is 0 Å². The van der Waals surface area contributed by atoms with E-state index in [2.05, 4.69) is 78.3 Å². The molecule has 2 aromatic carbocycles. The van der Waals surface area contributed by atoms with Gasteiger partial charge in [0.25, 0.3) is 16.0 Å². The van der Waals surface area contributed by atoms with Gasteiger partial charge in [0.15, 0.2) is 4.80 Å². The van der Waals surface area contributed by atoms with Crippen LogP contribution >= 0.6 is 27.3 Å². The molecule has 0 radical (unpaired) electrons. The fourth-order valence-electron chi connectivity index (χ4n) is 4.37. The summed E-state index contributed by atoms with van der Waals surface area (Å²) in [5.41, 5.74) is 1.46. The molecule has 8 nitrogen and oxygen atoms in total. The van der Waals surface area contributed by atoms with Crippen LogP contribution in [0, 0.1) is 12.8 Å². The molecule has 2 heterocycles. The highest BCUT2D eigenvalue weighted by Crippen LogP contribution is 2.27. The maximum Gasteiger partial charge on any atom is 0.294 e. The lowest BCUT2D eigenvalue weighted by atomic mass is 9.95. The average molecular weight is 681 g/mol. The number of halogens is 1. The van der Waals surface area contributed by atoms with Crippen LogP contribution in [0.15, 0.2) is 63.0 Å². The Bertz CT molecular complexity index is 1540. The smallest absolute Gasteiger partial charge is 0.294 e. The van der Waals surface area contributed by atoms with E-state index in [9.17, 15) is 13.2 Å². The Morgan fingerprint density at radius 3 is 2.40 bits per heavy atom. The largest absolute Gasteiger partial charge is 0.491 e. The van der Waals surface area contributed by atoms with Gasteiger partial charge in [0.1, 0.15) is 12.4 Å². The van der Waals surface area contributed by atoms with Gasteiger partial charge in [-0.15, -0.1) is 11.3 Å². The summed E-state index contributed by atoms with van der Waals surface area (Å²) in [7, 11) is -1.89. The number of carbonyl (C=O) groups excluding carboxylic acids is 1. The van der Waals surface area contributed by atoms with Gasteiger partial charge in [-0.3, -0.25) is 9.35 Å². The van der Waals surface area contributed by atoms with E-state index in [1.807, 2.05) is 25.1 Å². The van der Waals surface area contributed by atoms with Crippen molar-refractivity contribution in [1.29, 1.82) is 0 Å². The summed E-state index contributed by atoms with van der Waals surface area (Å²) in [6, 6.07) is 12.0. The standard InChI is InChI=1S/C24H34BrN3O2S.C7H8O3S/c1-16(2)13-28-14-21(24(3,4)5)31-23(28)26-22(29)19-12-17(25)9-10-20(19)30-15-18-8-7-11-27(18)6;1-6-2-4-7(5-3-6)11(8,9)10/h9-10,12,14,16,18H,7-8,11,13,15H2,1-6H3;2-5H,1H3,(H,8,9,10)/b26-23-;/t18-;/m0./s1.